The Labute approximate surface area is 110 Å². The van der Waals surface area contributed by atoms with Gasteiger partial charge < -0.3 is 15.8 Å². The van der Waals surface area contributed by atoms with Crippen molar-refractivity contribution in [2.24, 2.45) is 5.73 Å². The lowest BCUT2D eigenvalue weighted by Gasteiger charge is -2.28. The van der Waals surface area contributed by atoms with Crippen LogP contribution < -0.4 is 15.8 Å². The third-order valence-corrected chi connectivity index (χ3v) is 2.36. The molecule has 1 aromatic rings. The van der Waals surface area contributed by atoms with Crippen LogP contribution >= 0.6 is 0 Å². The summed E-state index contributed by atoms with van der Waals surface area (Å²) in [6, 6.07) is 5.63. The average Bonchev–Trinajstić information content (AvgIpc) is 2.23. The molecule has 19 heavy (non-hydrogen) atoms. The number of halogens is 3. The molecule has 6 heteroatoms. The Morgan fingerprint density at radius 3 is 2.05 bits per heavy atom. The second-order valence-corrected chi connectivity index (χ2v) is 5.30. The van der Waals surface area contributed by atoms with Gasteiger partial charge in [-0.3, -0.25) is 0 Å². The predicted molar refractivity (Wildman–Crippen MR) is 67.8 cm³/mol. The lowest BCUT2D eigenvalue weighted by molar-refractivity contribution is -0.274. The van der Waals surface area contributed by atoms with Crippen LogP contribution in [0.5, 0.6) is 5.75 Å². The molecule has 0 saturated carbocycles. The first kappa shape index (κ1) is 15.8. The maximum absolute atomic E-state index is 12.0. The molecule has 0 saturated heterocycles. The second-order valence-electron chi connectivity index (χ2n) is 5.30. The monoisotopic (exact) mass is 276 g/mol. The molecule has 1 aromatic carbocycles. The highest BCUT2D eigenvalue weighted by Gasteiger charge is 2.31. The quantitative estimate of drug-likeness (QED) is 0.888. The summed E-state index contributed by atoms with van der Waals surface area (Å²) >= 11 is 0. The molecule has 0 amide bonds. The lowest BCUT2D eigenvalue weighted by Crippen LogP contribution is -2.41. The van der Waals surface area contributed by atoms with Crippen LogP contribution in [0.1, 0.15) is 32.4 Å². The van der Waals surface area contributed by atoms with Crippen molar-refractivity contribution >= 4 is 0 Å². The van der Waals surface area contributed by atoms with Gasteiger partial charge in [-0.1, -0.05) is 12.1 Å². The maximum Gasteiger partial charge on any atom is 0.573 e. The summed E-state index contributed by atoms with van der Waals surface area (Å²) in [6.45, 7) is 6.35. The predicted octanol–water partition coefficient (Wildman–Crippen LogP) is 2.97. The zero-order valence-corrected chi connectivity index (χ0v) is 11.2. The van der Waals surface area contributed by atoms with Gasteiger partial charge in [0.1, 0.15) is 5.75 Å². The van der Waals surface area contributed by atoms with Crippen molar-refractivity contribution in [3.05, 3.63) is 29.8 Å². The van der Waals surface area contributed by atoms with E-state index in [1.165, 1.54) is 12.1 Å². The van der Waals surface area contributed by atoms with E-state index in [1.54, 1.807) is 12.1 Å². The van der Waals surface area contributed by atoms with E-state index in [2.05, 4.69) is 10.1 Å². The third kappa shape index (κ3) is 5.94. The normalized spacial score (nSPS) is 14.3. The highest BCUT2D eigenvalue weighted by atomic mass is 19.4. The maximum atomic E-state index is 12.0. The zero-order chi connectivity index (χ0) is 14.7. The molecule has 0 aliphatic rings. The Morgan fingerprint density at radius 1 is 1.16 bits per heavy atom. The summed E-state index contributed by atoms with van der Waals surface area (Å²) in [7, 11) is 0. The molecule has 1 atom stereocenters. The first-order valence-corrected chi connectivity index (χ1v) is 5.94. The summed E-state index contributed by atoms with van der Waals surface area (Å²) in [5, 5.41) is 3.30. The molecule has 3 N–H and O–H groups in total. The van der Waals surface area contributed by atoms with Crippen LogP contribution in [0.3, 0.4) is 0 Å². The van der Waals surface area contributed by atoms with Crippen LogP contribution in [-0.2, 0) is 0 Å². The van der Waals surface area contributed by atoms with E-state index in [0.29, 0.717) is 6.54 Å². The van der Waals surface area contributed by atoms with Crippen LogP contribution in [0.4, 0.5) is 13.2 Å². The number of alkyl halides is 3. The van der Waals surface area contributed by atoms with Crippen molar-refractivity contribution in [3.63, 3.8) is 0 Å². The molecule has 1 unspecified atom stereocenters. The molecule has 0 spiro atoms. The highest BCUT2D eigenvalue weighted by molar-refractivity contribution is 5.29. The van der Waals surface area contributed by atoms with Gasteiger partial charge >= 0.3 is 6.36 Å². The molecule has 3 nitrogen and oxygen atoms in total. The van der Waals surface area contributed by atoms with Crippen molar-refractivity contribution in [2.45, 2.75) is 38.7 Å². The van der Waals surface area contributed by atoms with Gasteiger partial charge in [0.15, 0.2) is 0 Å². The summed E-state index contributed by atoms with van der Waals surface area (Å²) < 4.78 is 39.9. The second kappa shape index (κ2) is 5.79. The highest BCUT2D eigenvalue weighted by Crippen LogP contribution is 2.24. The standard InChI is InChI=1S/C13H19F3N2O/c1-12(2,3)18-11(8-17)9-4-6-10(7-5-9)19-13(14,15)16/h4-7,11,18H,8,17H2,1-3H3. The van der Waals surface area contributed by atoms with Crippen molar-refractivity contribution in [1.82, 2.24) is 5.32 Å². The number of nitrogens with two attached hydrogens (primary N) is 1. The van der Waals surface area contributed by atoms with Crippen molar-refractivity contribution < 1.29 is 17.9 Å². The third-order valence-electron chi connectivity index (χ3n) is 2.36. The van der Waals surface area contributed by atoms with Gasteiger partial charge in [-0.2, -0.15) is 0 Å². The molecule has 108 valence electrons. The summed E-state index contributed by atoms with van der Waals surface area (Å²) in [6.07, 6.45) is -4.67. The minimum atomic E-state index is -4.67. The van der Waals surface area contributed by atoms with Gasteiger partial charge in [-0.05, 0) is 38.5 Å². The number of hydrogen-bond acceptors (Lipinski definition) is 3. The molecule has 0 heterocycles. The van der Waals surface area contributed by atoms with E-state index in [9.17, 15) is 13.2 Å². The van der Waals surface area contributed by atoms with E-state index in [-0.39, 0.29) is 17.3 Å². The van der Waals surface area contributed by atoms with E-state index in [4.69, 9.17) is 5.73 Å². The van der Waals surface area contributed by atoms with E-state index < -0.39 is 6.36 Å². The fourth-order valence-corrected chi connectivity index (χ4v) is 1.70. The van der Waals surface area contributed by atoms with Crippen LogP contribution in [-0.4, -0.2) is 18.4 Å². The number of hydrogen-bond donors (Lipinski definition) is 2. The molecule has 0 radical (unpaired) electrons. The first-order chi connectivity index (χ1) is 8.61. The summed E-state index contributed by atoms with van der Waals surface area (Å²) in [4.78, 5) is 0. The topological polar surface area (TPSA) is 47.3 Å². The van der Waals surface area contributed by atoms with Gasteiger partial charge in [-0.25, -0.2) is 0 Å². The molecule has 0 aliphatic carbocycles. The number of benzene rings is 1. The Bertz CT molecular complexity index is 396. The van der Waals surface area contributed by atoms with Gasteiger partial charge in [0.2, 0.25) is 0 Å². The minimum absolute atomic E-state index is 0.111. The largest absolute Gasteiger partial charge is 0.573 e. The number of nitrogens with one attached hydrogen (secondary N) is 1. The van der Waals surface area contributed by atoms with Crippen molar-refractivity contribution in [2.75, 3.05) is 6.54 Å². The fourth-order valence-electron chi connectivity index (χ4n) is 1.70. The SMILES string of the molecule is CC(C)(C)NC(CN)c1ccc(OC(F)(F)F)cc1. The Kier molecular flexibility index (Phi) is 4.81. The van der Waals surface area contributed by atoms with Crippen LogP contribution in [0.2, 0.25) is 0 Å². The molecule has 1 rings (SSSR count). The van der Waals surface area contributed by atoms with E-state index in [1.807, 2.05) is 20.8 Å². The minimum Gasteiger partial charge on any atom is -0.406 e. The van der Waals surface area contributed by atoms with E-state index in [0.717, 1.165) is 5.56 Å². The molecule has 0 aromatic heterocycles. The molecule has 0 fully saturated rings. The van der Waals surface area contributed by atoms with Gasteiger partial charge in [0.25, 0.3) is 0 Å². The first-order valence-electron chi connectivity index (χ1n) is 5.94. The van der Waals surface area contributed by atoms with Crippen LogP contribution in [0, 0.1) is 0 Å². The van der Waals surface area contributed by atoms with Crippen LogP contribution in [0.25, 0.3) is 0 Å². The van der Waals surface area contributed by atoms with Gasteiger partial charge in [0, 0.05) is 18.1 Å². The summed E-state index contributed by atoms with van der Waals surface area (Å²) in [5.74, 6) is -0.234. The summed E-state index contributed by atoms with van der Waals surface area (Å²) in [5.41, 5.74) is 6.37. The Morgan fingerprint density at radius 2 is 1.68 bits per heavy atom. The molecular formula is C13H19F3N2O. The van der Waals surface area contributed by atoms with Crippen LogP contribution in [0.15, 0.2) is 24.3 Å². The lowest BCUT2D eigenvalue weighted by atomic mass is 10.0. The van der Waals surface area contributed by atoms with Crippen molar-refractivity contribution in [1.29, 1.82) is 0 Å². The number of ether oxygens (including phenoxy) is 1. The molecular weight excluding hydrogens is 257 g/mol. The average molecular weight is 276 g/mol. The zero-order valence-electron chi connectivity index (χ0n) is 11.2. The Balaban J connectivity index is 2.79. The van der Waals surface area contributed by atoms with Crippen molar-refractivity contribution in [3.8, 4) is 5.75 Å². The number of rotatable bonds is 4. The molecule has 0 aliphatic heterocycles. The Hall–Kier alpha value is -1.27. The fraction of sp³-hybridized carbons (Fsp3) is 0.538. The molecule has 0 bridgehead atoms. The van der Waals surface area contributed by atoms with Gasteiger partial charge in [0.05, 0.1) is 0 Å². The smallest absolute Gasteiger partial charge is 0.406 e. The van der Waals surface area contributed by atoms with E-state index >= 15 is 0 Å². The van der Waals surface area contributed by atoms with Gasteiger partial charge in [-0.15, -0.1) is 13.2 Å².